The Hall–Kier alpha value is -1.49. The second kappa shape index (κ2) is 5.13. The highest BCUT2D eigenvalue weighted by atomic mass is 19.1. The van der Waals surface area contributed by atoms with Crippen LogP contribution in [0.4, 0.5) is 8.78 Å². The average molecular weight is 280 g/mol. The lowest BCUT2D eigenvalue weighted by Crippen LogP contribution is -2.31. The minimum absolute atomic E-state index is 0.0645. The summed E-state index contributed by atoms with van der Waals surface area (Å²) in [6, 6.07) is 3.44. The van der Waals surface area contributed by atoms with Crippen LogP contribution in [0.3, 0.4) is 0 Å². The quantitative estimate of drug-likeness (QED) is 0.919. The fourth-order valence-corrected chi connectivity index (χ4v) is 3.07. The molecule has 3 nitrogen and oxygen atoms in total. The van der Waals surface area contributed by atoms with Gasteiger partial charge in [0.15, 0.2) is 0 Å². The standard InChI is InChI=1S/C15H18F2N2O/c16-10-1-2-14(17)12(5-10)11-6-13(11)15(20)19-4-3-9(7-18)8-19/h1-2,5,9,11,13H,3-4,6-8,18H2/t9-,11+,13+/m0/s1. The molecule has 20 heavy (non-hydrogen) atoms. The molecule has 0 unspecified atom stereocenters. The number of amides is 1. The minimum Gasteiger partial charge on any atom is -0.342 e. The van der Waals surface area contributed by atoms with Gasteiger partial charge < -0.3 is 10.6 Å². The van der Waals surface area contributed by atoms with Crippen LogP contribution in [0, 0.1) is 23.5 Å². The summed E-state index contributed by atoms with van der Waals surface area (Å²) in [7, 11) is 0. The number of nitrogens with two attached hydrogens (primary N) is 1. The number of halogens is 2. The van der Waals surface area contributed by atoms with Crippen molar-refractivity contribution in [2.75, 3.05) is 19.6 Å². The summed E-state index contributed by atoms with van der Waals surface area (Å²) >= 11 is 0. The first kappa shape index (κ1) is 13.5. The Kier molecular flexibility index (Phi) is 3.46. The van der Waals surface area contributed by atoms with Crippen LogP contribution in [0.2, 0.25) is 0 Å². The zero-order valence-corrected chi connectivity index (χ0v) is 11.2. The number of nitrogens with zero attached hydrogens (tertiary/aromatic N) is 1. The van der Waals surface area contributed by atoms with Crippen LogP contribution in [0.25, 0.3) is 0 Å². The Bertz CT molecular complexity index is 535. The van der Waals surface area contributed by atoms with Crippen molar-refractivity contribution in [2.45, 2.75) is 18.8 Å². The zero-order chi connectivity index (χ0) is 14.3. The highest BCUT2D eigenvalue weighted by Crippen LogP contribution is 2.49. The largest absolute Gasteiger partial charge is 0.342 e. The number of carbonyl (C=O) groups excluding carboxylic acids is 1. The Balaban J connectivity index is 1.67. The maximum Gasteiger partial charge on any atom is 0.226 e. The van der Waals surface area contributed by atoms with Crippen molar-refractivity contribution in [3.63, 3.8) is 0 Å². The summed E-state index contributed by atoms with van der Waals surface area (Å²) in [4.78, 5) is 14.1. The SMILES string of the molecule is NC[C@@H]1CCN(C(=O)[C@@H]2C[C@@H]2c2cc(F)ccc2F)C1. The van der Waals surface area contributed by atoms with Gasteiger partial charge in [0.25, 0.3) is 0 Å². The van der Waals surface area contributed by atoms with E-state index in [0.29, 0.717) is 31.0 Å². The van der Waals surface area contributed by atoms with E-state index in [-0.39, 0.29) is 17.7 Å². The first-order valence-electron chi connectivity index (χ1n) is 7.04. The summed E-state index contributed by atoms with van der Waals surface area (Å²) in [5.41, 5.74) is 5.94. The predicted octanol–water partition coefficient (Wildman–Crippen LogP) is 1.88. The number of rotatable bonds is 3. The lowest BCUT2D eigenvalue weighted by molar-refractivity contribution is -0.131. The summed E-state index contributed by atoms with van der Waals surface area (Å²) in [5.74, 6) is -0.800. The Labute approximate surface area is 116 Å². The van der Waals surface area contributed by atoms with Gasteiger partial charge in [-0.25, -0.2) is 8.78 Å². The maximum atomic E-state index is 13.7. The molecule has 1 amide bonds. The predicted molar refractivity (Wildman–Crippen MR) is 70.9 cm³/mol. The van der Waals surface area contributed by atoms with Crippen molar-refractivity contribution >= 4 is 5.91 Å². The molecule has 1 aliphatic heterocycles. The Morgan fingerprint density at radius 3 is 2.90 bits per heavy atom. The van der Waals surface area contributed by atoms with Crippen molar-refractivity contribution in [3.8, 4) is 0 Å². The molecule has 5 heteroatoms. The molecule has 1 aromatic carbocycles. The van der Waals surface area contributed by atoms with E-state index in [2.05, 4.69) is 0 Å². The van der Waals surface area contributed by atoms with Crippen molar-refractivity contribution in [1.29, 1.82) is 0 Å². The highest BCUT2D eigenvalue weighted by Gasteiger charge is 2.47. The van der Waals surface area contributed by atoms with Crippen LogP contribution < -0.4 is 5.73 Å². The molecular formula is C15H18F2N2O. The smallest absolute Gasteiger partial charge is 0.226 e. The lowest BCUT2D eigenvalue weighted by Gasteiger charge is -2.16. The third-order valence-corrected chi connectivity index (χ3v) is 4.40. The third kappa shape index (κ3) is 2.42. The van der Waals surface area contributed by atoms with E-state index in [1.807, 2.05) is 4.90 Å². The first-order valence-corrected chi connectivity index (χ1v) is 7.04. The fraction of sp³-hybridized carbons (Fsp3) is 0.533. The zero-order valence-electron chi connectivity index (χ0n) is 11.2. The number of hydrogen-bond acceptors (Lipinski definition) is 2. The Morgan fingerprint density at radius 2 is 2.20 bits per heavy atom. The monoisotopic (exact) mass is 280 g/mol. The van der Waals surface area contributed by atoms with Gasteiger partial charge in [-0.1, -0.05) is 0 Å². The normalized spacial score (nSPS) is 28.8. The van der Waals surface area contributed by atoms with Crippen molar-refractivity contribution in [2.24, 2.45) is 17.6 Å². The van der Waals surface area contributed by atoms with Gasteiger partial charge in [-0.2, -0.15) is 0 Å². The molecule has 0 bridgehead atoms. The van der Waals surface area contributed by atoms with Gasteiger partial charge >= 0.3 is 0 Å². The summed E-state index contributed by atoms with van der Waals surface area (Å²) in [6.07, 6.45) is 1.55. The lowest BCUT2D eigenvalue weighted by atomic mass is 10.1. The van der Waals surface area contributed by atoms with Crippen LogP contribution in [-0.2, 0) is 4.79 Å². The molecule has 1 heterocycles. The van der Waals surface area contributed by atoms with Gasteiger partial charge in [-0.05, 0) is 55.0 Å². The van der Waals surface area contributed by atoms with Gasteiger partial charge in [0.2, 0.25) is 5.91 Å². The van der Waals surface area contributed by atoms with Crippen molar-refractivity contribution in [3.05, 3.63) is 35.4 Å². The van der Waals surface area contributed by atoms with Crippen LogP contribution in [-0.4, -0.2) is 30.4 Å². The summed E-state index contributed by atoms with van der Waals surface area (Å²) in [6.45, 7) is 2.02. The van der Waals surface area contributed by atoms with Gasteiger partial charge in [0.05, 0.1) is 0 Å². The number of hydrogen-bond donors (Lipinski definition) is 1. The molecule has 3 atom stereocenters. The summed E-state index contributed by atoms with van der Waals surface area (Å²) in [5, 5.41) is 0. The molecule has 1 saturated heterocycles. The molecule has 3 rings (SSSR count). The second-order valence-electron chi connectivity index (χ2n) is 5.79. The molecule has 1 saturated carbocycles. The van der Waals surface area contributed by atoms with Gasteiger partial charge in [0.1, 0.15) is 11.6 Å². The number of carbonyl (C=O) groups is 1. The van der Waals surface area contributed by atoms with Crippen LogP contribution in [0.1, 0.15) is 24.3 Å². The van der Waals surface area contributed by atoms with E-state index in [4.69, 9.17) is 5.73 Å². The van der Waals surface area contributed by atoms with Gasteiger partial charge in [-0.3, -0.25) is 4.79 Å². The molecule has 108 valence electrons. The van der Waals surface area contributed by atoms with Crippen LogP contribution in [0.5, 0.6) is 0 Å². The number of likely N-dealkylation sites (tertiary alicyclic amines) is 1. The molecule has 0 aromatic heterocycles. The number of benzene rings is 1. The van der Waals surface area contributed by atoms with Crippen molar-refractivity contribution < 1.29 is 13.6 Å². The average Bonchev–Trinajstić information content (AvgIpc) is 3.09. The molecule has 2 aliphatic rings. The van der Waals surface area contributed by atoms with E-state index in [1.165, 1.54) is 6.07 Å². The molecule has 2 fully saturated rings. The third-order valence-electron chi connectivity index (χ3n) is 4.40. The molecule has 0 radical (unpaired) electrons. The van der Waals surface area contributed by atoms with E-state index in [9.17, 15) is 13.6 Å². The minimum atomic E-state index is -0.455. The van der Waals surface area contributed by atoms with E-state index in [0.717, 1.165) is 25.1 Å². The van der Waals surface area contributed by atoms with Crippen LogP contribution in [0.15, 0.2) is 18.2 Å². The Morgan fingerprint density at radius 1 is 1.40 bits per heavy atom. The topological polar surface area (TPSA) is 46.3 Å². The molecule has 2 N–H and O–H groups in total. The van der Waals surface area contributed by atoms with E-state index in [1.54, 1.807) is 0 Å². The van der Waals surface area contributed by atoms with Gasteiger partial charge in [-0.15, -0.1) is 0 Å². The highest BCUT2D eigenvalue weighted by molar-refractivity contribution is 5.83. The van der Waals surface area contributed by atoms with Crippen LogP contribution >= 0.6 is 0 Å². The van der Waals surface area contributed by atoms with E-state index >= 15 is 0 Å². The first-order chi connectivity index (χ1) is 9.60. The maximum absolute atomic E-state index is 13.7. The summed E-state index contributed by atoms with van der Waals surface area (Å²) < 4.78 is 26.9. The molecule has 1 aliphatic carbocycles. The molecular weight excluding hydrogens is 262 g/mol. The van der Waals surface area contributed by atoms with Gasteiger partial charge in [0, 0.05) is 19.0 Å². The molecule has 0 spiro atoms. The van der Waals surface area contributed by atoms with E-state index < -0.39 is 11.6 Å². The second-order valence-corrected chi connectivity index (χ2v) is 5.79. The fourth-order valence-electron chi connectivity index (χ4n) is 3.07. The molecule has 1 aromatic rings. The van der Waals surface area contributed by atoms with Crippen molar-refractivity contribution in [1.82, 2.24) is 4.90 Å².